The van der Waals surface area contributed by atoms with E-state index in [4.69, 9.17) is 4.74 Å². The normalized spacial score (nSPS) is 20.2. The molecule has 0 unspecified atom stereocenters. The van der Waals surface area contributed by atoms with Crippen molar-refractivity contribution in [2.24, 2.45) is 0 Å². The van der Waals surface area contributed by atoms with Crippen LogP contribution in [0.1, 0.15) is 23.2 Å². The van der Waals surface area contributed by atoms with Gasteiger partial charge in [0, 0.05) is 19.6 Å². The van der Waals surface area contributed by atoms with Gasteiger partial charge in [0.2, 0.25) is 5.91 Å². The van der Waals surface area contributed by atoms with Crippen molar-refractivity contribution in [3.05, 3.63) is 29.3 Å². The molecule has 0 saturated carbocycles. The highest BCUT2D eigenvalue weighted by Crippen LogP contribution is 2.30. The van der Waals surface area contributed by atoms with Crippen molar-refractivity contribution in [1.29, 1.82) is 0 Å². The predicted octanol–water partition coefficient (Wildman–Crippen LogP) is 1.26. The molecule has 2 aromatic rings. The second-order valence-electron chi connectivity index (χ2n) is 6.18. The van der Waals surface area contributed by atoms with Gasteiger partial charge in [-0.2, -0.15) is 5.10 Å². The fraction of sp³-hybridized carbons (Fsp3) is 0.438. The van der Waals surface area contributed by atoms with Crippen LogP contribution in [0.15, 0.2) is 23.7 Å². The van der Waals surface area contributed by atoms with Crippen molar-refractivity contribution in [3.8, 4) is 10.6 Å². The first-order chi connectivity index (χ1) is 11.7. The van der Waals surface area contributed by atoms with Crippen LogP contribution < -0.4 is 5.32 Å². The number of amides is 2. The lowest BCUT2D eigenvalue weighted by Gasteiger charge is -2.43. The number of hydrogen-bond acceptors (Lipinski definition) is 5. The molecule has 4 heterocycles. The lowest BCUT2D eigenvalue weighted by molar-refractivity contribution is -0.149. The number of carbonyl (C=O) groups excluding carboxylic acids is 2. The van der Waals surface area contributed by atoms with Gasteiger partial charge in [-0.1, -0.05) is 6.07 Å². The molecule has 7 nitrogen and oxygen atoms in total. The van der Waals surface area contributed by atoms with Crippen LogP contribution >= 0.6 is 11.3 Å². The van der Waals surface area contributed by atoms with Gasteiger partial charge in [-0.15, -0.1) is 11.3 Å². The smallest absolute Gasteiger partial charge is 0.257 e. The van der Waals surface area contributed by atoms with Crippen LogP contribution in [0.4, 0.5) is 0 Å². The summed E-state index contributed by atoms with van der Waals surface area (Å²) in [7, 11) is 0. The van der Waals surface area contributed by atoms with E-state index in [1.165, 1.54) is 0 Å². The molecule has 0 aromatic carbocycles. The minimum absolute atomic E-state index is 0.0122. The molecule has 2 aromatic heterocycles. The standard InChI is InChI=1S/C16H18N4O3S/c21-13-9-23-16(10-17-13)3-5-20(6-4-16)15(22)11-8-18-19-14(11)12-2-1-7-24-12/h1-2,7-8H,3-6,9-10H2,(H,17,21)(H,18,19). The van der Waals surface area contributed by atoms with E-state index in [1.54, 1.807) is 17.5 Å². The zero-order valence-corrected chi connectivity index (χ0v) is 13.9. The van der Waals surface area contributed by atoms with Gasteiger partial charge in [0.25, 0.3) is 5.91 Å². The van der Waals surface area contributed by atoms with Crippen LogP contribution in [0.2, 0.25) is 0 Å². The molecule has 4 rings (SSSR count). The lowest BCUT2D eigenvalue weighted by Crippen LogP contribution is -2.58. The van der Waals surface area contributed by atoms with E-state index in [9.17, 15) is 9.59 Å². The SMILES string of the molecule is O=C1COC2(CCN(C(=O)c3cn[nH]c3-c3cccs3)CC2)CN1. The van der Waals surface area contributed by atoms with Crippen molar-refractivity contribution >= 4 is 23.2 Å². The number of ether oxygens (including phenoxy) is 1. The summed E-state index contributed by atoms with van der Waals surface area (Å²) >= 11 is 1.57. The molecule has 0 radical (unpaired) electrons. The van der Waals surface area contributed by atoms with E-state index in [0.29, 0.717) is 25.2 Å². The largest absolute Gasteiger partial charge is 0.363 e. The van der Waals surface area contributed by atoms with Crippen LogP contribution in [0.5, 0.6) is 0 Å². The highest BCUT2D eigenvalue weighted by atomic mass is 32.1. The predicted molar refractivity (Wildman–Crippen MR) is 88.7 cm³/mol. The van der Waals surface area contributed by atoms with Crippen molar-refractivity contribution < 1.29 is 14.3 Å². The third-order valence-corrected chi connectivity index (χ3v) is 5.60. The second-order valence-corrected chi connectivity index (χ2v) is 7.12. The van der Waals surface area contributed by atoms with E-state index >= 15 is 0 Å². The maximum absolute atomic E-state index is 12.9. The Balaban J connectivity index is 1.46. The first-order valence-corrected chi connectivity index (χ1v) is 8.82. The summed E-state index contributed by atoms with van der Waals surface area (Å²) in [6.45, 7) is 1.87. The summed E-state index contributed by atoms with van der Waals surface area (Å²) < 4.78 is 5.75. The number of carbonyl (C=O) groups is 2. The molecule has 2 aliphatic heterocycles. The van der Waals surface area contributed by atoms with Gasteiger partial charge in [0.05, 0.1) is 27.9 Å². The molecule has 2 N–H and O–H groups in total. The first kappa shape index (κ1) is 15.3. The van der Waals surface area contributed by atoms with E-state index in [0.717, 1.165) is 23.4 Å². The Bertz CT molecular complexity index is 735. The molecule has 2 amide bonds. The molecule has 0 aliphatic carbocycles. The van der Waals surface area contributed by atoms with Gasteiger partial charge < -0.3 is 15.0 Å². The van der Waals surface area contributed by atoms with Crippen molar-refractivity contribution in [2.75, 3.05) is 26.2 Å². The monoisotopic (exact) mass is 346 g/mol. The summed E-state index contributed by atoms with van der Waals surface area (Å²) in [6, 6.07) is 3.92. The summed E-state index contributed by atoms with van der Waals surface area (Å²) in [6.07, 6.45) is 3.05. The van der Waals surface area contributed by atoms with Gasteiger partial charge in [0.1, 0.15) is 6.61 Å². The summed E-state index contributed by atoms with van der Waals surface area (Å²) in [5.74, 6) is -0.0834. The van der Waals surface area contributed by atoms with Gasteiger partial charge >= 0.3 is 0 Å². The number of nitrogens with one attached hydrogen (secondary N) is 2. The van der Waals surface area contributed by atoms with Crippen molar-refractivity contribution in [2.45, 2.75) is 18.4 Å². The highest BCUT2D eigenvalue weighted by Gasteiger charge is 2.40. The molecule has 1 spiro atoms. The number of piperidine rings is 1. The molecule has 24 heavy (non-hydrogen) atoms. The summed E-state index contributed by atoms with van der Waals surface area (Å²) in [4.78, 5) is 27.0. The van der Waals surface area contributed by atoms with E-state index in [1.807, 2.05) is 22.4 Å². The third-order valence-electron chi connectivity index (χ3n) is 4.72. The molecule has 0 bridgehead atoms. The number of nitrogens with zero attached hydrogens (tertiary/aromatic N) is 2. The maximum Gasteiger partial charge on any atom is 0.257 e. The Kier molecular flexibility index (Phi) is 3.85. The molecular weight excluding hydrogens is 328 g/mol. The fourth-order valence-electron chi connectivity index (χ4n) is 3.25. The van der Waals surface area contributed by atoms with E-state index < -0.39 is 0 Å². The second kappa shape index (κ2) is 6.03. The number of aromatic nitrogens is 2. The number of morpholine rings is 1. The van der Waals surface area contributed by atoms with Crippen LogP contribution in [-0.2, 0) is 9.53 Å². The average molecular weight is 346 g/mol. The Morgan fingerprint density at radius 2 is 2.21 bits per heavy atom. The number of H-pyrrole nitrogens is 1. The molecule has 0 atom stereocenters. The molecular formula is C16H18N4O3S. The number of likely N-dealkylation sites (tertiary alicyclic amines) is 1. The average Bonchev–Trinajstić information content (AvgIpc) is 3.28. The Morgan fingerprint density at radius 3 is 2.88 bits per heavy atom. The Morgan fingerprint density at radius 1 is 1.38 bits per heavy atom. The van der Waals surface area contributed by atoms with E-state index in [-0.39, 0.29) is 24.0 Å². The molecule has 2 fully saturated rings. The highest BCUT2D eigenvalue weighted by molar-refractivity contribution is 7.13. The minimum Gasteiger partial charge on any atom is -0.363 e. The topological polar surface area (TPSA) is 87.3 Å². The fourth-order valence-corrected chi connectivity index (χ4v) is 3.98. The van der Waals surface area contributed by atoms with Gasteiger partial charge in [0.15, 0.2) is 0 Å². The zero-order chi connectivity index (χ0) is 16.6. The number of aromatic amines is 1. The van der Waals surface area contributed by atoms with Gasteiger partial charge in [-0.25, -0.2) is 0 Å². The molecule has 2 saturated heterocycles. The van der Waals surface area contributed by atoms with Crippen LogP contribution in [0.25, 0.3) is 10.6 Å². The quantitative estimate of drug-likeness (QED) is 0.857. The number of rotatable bonds is 2. The Labute approximate surface area is 143 Å². The van der Waals surface area contributed by atoms with Crippen molar-refractivity contribution in [3.63, 3.8) is 0 Å². The zero-order valence-electron chi connectivity index (χ0n) is 13.1. The lowest BCUT2D eigenvalue weighted by atomic mass is 9.89. The van der Waals surface area contributed by atoms with Gasteiger partial charge in [-0.05, 0) is 24.3 Å². The Hall–Kier alpha value is -2.19. The molecule has 8 heteroatoms. The van der Waals surface area contributed by atoms with E-state index in [2.05, 4.69) is 15.5 Å². The number of thiophene rings is 1. The summed E-state index contributed by atoms with van der Waals surface area (Å²) in [5, 5.41) is 11.8. The first-order valence-electron chi connectivity index (χ1n) is 7.94. The molecule has 2 aliphatic rings. The maximum atomic E-state index is 12.9. The van der Waals surface area contributed by atoms with Gasteiger partial charge in [-0.3, -0.25) is 14.7 Å². The van der Waals surface area contributed by atoms with Crippen LogP contribution in [-0.4, -0.2) is 58.8 Å². The summed E-state index contributed by atoms with van der Waals surface area (Å²) in [5.41, 5.74) is 1.06. The van der Waals surface area contributed by atoms with Crippen LogP contribution in [0, 0.1) is 0 Å². The van der Waals surface area contributed by atoms with Crippen LogP contribution in [0.3, 0.4) is 0 Å². The van der Waals surface area contributed by atoms with Crippen molar-refractivity contribution in [1.82, 2.24) is 20.4 Å². The molecule has 126 valence electrons. The number of hydrogen-bond donors (Lipinski definition) is 2. The minimum atomic E-state index is -0.322. The third kappa shape index (κ3) is 2.71.